The van der Waals surface area contributed by atoms with E-state index in [0.717, 1.165) is 0 Å². The highest BCUT2D eigenvalue weighted by atomic mass is 16.4. The fourth-order valence-corrected chi connectivity index (χ4v) is 2.44. The van der Waals surface area contributed by atoms with Gasteiger partial charge in [0.1, 0.15) is 0 Å². The average Bonchev–Trinajstić information content (AvgIpc) is 2.15. The van der Waals surface area contributed by atoms with Crippen LogP contribution >= 0.6 is 0 Å². The lowest BCUT2D eigenvalue weighted by Crippen LogP contribution is -2.43. The Kier molecular flexibility index (Phi) is 3.51. The normalized spacial score (nSPS) is 34.3. The summed E-state index contributed by atoms with van der Waals surface area (Å²) in [6, 6.07) is 0. The summed E-state index contributed by atoms with van der Waals surface area (Å²) in [5.41, 5.74) is 0. The Balaban J connectivity index is 2.96. The van der Waals surface area contributed by atoms with E-state index in [-0.39, 0.29) is 12.8 Å². The molecule has 0 aromatic carbocycles. The van der Waals surface area contributed by atoms with Crippen LogP contribution in [0.5, 0.6) is 0 Å². The Labute approximate surface area is 91.9 Å². The van der Waals surface area contributed by atoms with Gasteiger partial charge in [-0.3, -0.25) is 14.4 Å². The SMILES string of the molecule is CC1C(C(=O)O)CCC(C(=O)O)C1C(=O)O. The summed E-state index contributed by atoms with van der Waals surface area (Å²) >= 11 is 0. The molecule has 4 atom stereocenters. The van der Waals surface area contributed by atoms with Crippen LogP contribution in [0, 0.1) is 23.7 Å². The first-order chi connectivity index (χ1) is 7.36. The fraction of sp³-hybridized carbons (Fsp3) is 0.700. The second kappa shape index (κ2) is 4.51. The zero-order valence-electron chi connectivity index (χ0n) is 8.79. The summed E-state index contributed by atoms with van der Waals surface area (Å²) in [6.07, 6.45) is 0.324. The predicted octanol–water partition coefficient (Wildman–Crippen LogP) is 0.519. The van der Waals surface area contributed by atoms with Gasteiger partial charge in [-0.1, -0.05) is 6.92 Å². The van der Waals surface area contributed by atoms with Crippen LogP contribution in [0.3, 0.4) is 0 Å². The third-order valence-corrected chi connectivity index (χ3v) is 3.34. The molecule has 1 rings (SSSR count). The zero-order valence-corrected chi connectivity index (χ0v) is 8.79. The average molecular weight is 230 g/mol. The highest BCUT2D eigenvalue weighted by Gasteiger charge is 2.46. The molecule has 6 nitrogen and oxygen atoms in total. The molecule has 1 saturated carbocycles. The predicted molar refractivity (Wildman–Crippen MR) is 51.8 cm³/mol. The Hall–Kier alpha value is -1.59. The number of hydrogen-bond donors (Lipinski definition) is 3. The lowest BCUT2D eigenvalue weighted by atomic mass is 9.67. The minimum absolute atomic E-state index is 0.105. The van der Waals surface area contributed by atoms with Gasteiger partial charge in [0.15, 0.2) is 0 Å². The van der Waals surface area contributed by atoms with Crippen LogP contribution in [0.1, 0.15) is 19.8 Å². The topological polar surface area (TPSA) is 112 Å². The second-order valence-electron chi connectivity index (χ2n) is 4.19. The highest BCUT2D eigenvalue weighted by Crippen LogP contribution is 2.39. The molecule has 16 heavy (non-hydrogen) atoms. The standard InChI is InChI=1S/C10H14O6/c1-4-5(8(11)12)2-3-6(9(13)14)7(4)10(15)16/h4-7H,2-3H2,1H3,(H,11,12)(H,13,14)(H,15,16). The Morgan fingerprint density at radius 1 is 0.875 bits per heavy atom. The number of hydrogen-bond acceptors (Lipinski definition) is 3. The van der Waals surface area contributed by atoms with E-state index in [1.165, 1.54) is 6.92 Å². The van der Waals surface area contributed by atoms with E-state index in [1.807, 2.05) is 0 Å². The van der Waals surface area contributed by atoms with E-state index in [4.69, 9.17) is 15.3 Å². The van der Waals surface area contributed by atoms with E-state index < -0.39 is 41.6 Å². The molecule has 0 saturated heterocycles. The van der Waals surface area contributed by atoms with Crippen LogP contribution < -0.4 is 0 Å². The van der Waals surface area contributed by atoms with E-state index in [2.05, 4.69) is 0 Å². The Bertz CT molecular complexity index is 323. The maximum absolute atomic E-state index is 11.0. The molecule has 0 aliphatic heterocycles. The summed E-state index contributed by atoms with van der Waals surface area (Å²) in [5.74, 6) is -6.98. The largest absolute Gasteiger partial charge is 0.481 e. The van der Waals surface area contributed by atoms with Crippen molar-refractivity contribution in [2.24, 2.45) is 23.7 Å². The number of rotatable bonds is 3. The van der Waals surface area contributed by atoms with Crippen LogP contribution in [0.4, 0.5) is 0 Å². The van der Waals surface area contributed by atoms with Crippen LogP contribution in [0.2, 0.25) is 0 Å². The van der Waals surface area contributed by atoms with Crippen molar-refractivity contribution in [3.05, 3.63) is 0 Å². The van der Waals surface area contributed by atoms with Gasteiger partial charge in [0.25, 0.3) is 0 Å². The molecular formula is C10H14O6. The van der Waals surface area contributed by atoms with Gasteiger partial charge in [0.05, 0.1) is 17.8 Å². The van der Waals surface area contributed by atoms with Gasteiger partial charge in [-0.15, -0.1) is 0 Å². The molecule has 6 heteroatoms. The molecule has 0 aromatic rings. The van der Waals surface area contributed by atoms with Gasteiger partial charge in [-0.05, 0) is 18.8 Å². The van der Waals surface area contributed by atoms with Crippen LogP contribution in [-0.4, -0.2) is 33.2 Å². The molecule has 0 radical (unpaired) electrons. The zero-order chi connectivity index (χ0) is 12.5. The van der Waals surface area contributed by atoms with Crippen molar-refractivity contribution in [2.45, 2.75) is 19.8 Å². The molecule has 0 spiro atoms. The number of aliphatic carboxylic acids is 3. The highest BCUT2D eigenvalue weighted by molar-refractivity contribution is 5.82. The maximum atomic E-state index is 11.0. The van der Waals surface area contributed by atoms with Crippen molar-refractivity contribution in [3.8, 4) is 0 Å². The van der Waals surface area contributed by atoms with Crippen molar-refractivity contribution in [1.82, 2.24) is 0 Å². The second-order valence-corrected chi connectivity index (χ2v) is 4.19. The molecule has 1 fully saturated rings. The first kappa shape index (κ1) is 12.5. The lowest BCUT2D eigenvalue weighted by Gasteiger charge is -2.35. The molecule has 90 valence electrons. The number of carboxylic acids is 3. The molecule has 3 N–H and O–H groups in total. The molecule has 0 heterocycles. The third kappa shape index (κ3) is 2.15. The van der Waals surface area contributed by atoms with E-state index >= 15 is 0 Å². The van der Waals surface area contributed by atoms with Crippen LogP contribution in [0.25, 0.3) is 0 Å². The van der Waals surface area contributed by atoms with Crippen molar-refractivity contribution in [3.63, 3.8) is 0 Å². The van der Waals surface area contributed by atoms with Crippen molar-refractivity contribution >= 4 is 17.9 Å². The lowest BCUT2D eigenvalue weighted by molar-refractivity contribution is -0.163. The van der Waals surface area contributed by atoms with Crippen LogP contribution in [0.15, 0.2) is 0 Å². The Morgan fingerprint density at radius 3 is 1.69 bits per heavy atom. The van der Waals surface area contributed by atoms with Gasteiger partial charge in [0, 0.05) is 0 Å². The summed E-state index contributed by atoms with van der Waals surface area (Å²) in [5, 5.41) is 26.8. The summed E-state index contributed by atoms with van der Waals surface area (Å²) in [7, 11) is 0. The van der Waals surface area contributed by atoms with E-state index in [1.54, 1.807) is 0 Å². The minimum Gasteiger partial charge on any atom is -0.481 e. The van der Waals surface area contributed by atoms with Gasteiger partial charge in [0.2, 0.25) is 0 Å². The molecule has 1 aliphatic rings. The quantitative estimate of drug-likeness (QED) is 0.651. The Morgan fingerprint density at radius 2 is 1.31 bits per heavy atom. The maximum Gasteiger partial charge on any atom is 0.307 e. The van der Waals surface area contributed by atoms with E-state index in [9.17, 15) is 14.4 Å². The summed E-state index contributed by atoms with van der Waals surface area (Å²) in [4.78, 5) is 32.7. The first-order valence-electron chi connectivity index (χ1n) is 5.04. The smallest absolute Gasteiger partial charge is 0.307 e. The minimum atomic E-state index is -1.23. The molecule has 0 bridgehead atoms. The molecule has 1 aliphatic carbocycles. The molecule has 4 unspecified atom stereocenters. The first-order valence-corrected chi connectivity index (χ1v) is 5.04. The fourth-order valence-electron chi connectivity index (χ4n) is 2.44. The molecular weight excluding hydrogens is 216 g/mol. The van der Waals surface area contributed by atoms with E-state index in [0.29, 0.717) is 0 Å². The van der Waals surface area contributed by atoms with Crippen molar-refractivity contribution < 1.29 is 29.7 Å². The third-order valence-electron chi connectivity index (χ3n) is 3.34. The van der Waals surface area contributed by atoms with Gasteiger partial charge in [-0.25, -0.2) is 0 Å². The van der Waals surface area contributed by atoms with Gasteiger partial charge >= 0.3 is 17.9 Å². The van der Waals surface area contributed by atoms with Gasteiger partial charge in [-0.2, -0.15) is 0 Å². The molecule has 0 aromatic heterocycles. The van der Waals surface area contributed by atoms with Crippen molar-refractivity contribution in [1.29, 1.82) is 0 Å². The van der Waals surface area contributed by atoms with Crippen molar-refractivity contribution in [2.75, 3.05) is 0 Å². The number of carboxylic acid groups (broad SMARTS) is 3. The summed E-state index contributed by atoms with van der Waals surface area (Å²) < 4.78 is 0. The van der Waals surface area contributed by atoms with Gasteiger partial charge < -0.3 is 15.3 Å². The number of carbonyl (C=O) groups is 3. The molecule has 0 amide bonds. The summed E-state index contributed by atoms with van der Waals surface area (Å²) in [6.45, 7) is 1.49. The van der Waals surface area contributed by atoms with Crippen LogP contribution in [-0.2, 0) is 14.4 Å². The monoisotopic (exact) mass is 230 g/mol.